The molecule has 2 aliphatic rings. The fraction of sp³-hybridized carbons (Fsp3) is 0.444. The molecule has 2 aliphatic heterocycles. The Balaban J connectivity index is 1.63. The summed E-state index contributed by atoms with van der Waals surface area (Å²) >= 11 is 0. The fourth-order valence-electron chi connectivity index (χ4n) is 3.86. The quantitative estimate of drug-likeness (QED) is 0.889. The minimum Gasteiger partial charge on any atom is -0.381 e. The zero-order valence-electron chi connectivity index (χ0n) is 13.7. The molecule has 2 aromatic rings. The molecular weight excluding hydrogens is 306 g/mol. The van der Waals surface area contributed by atoms with Gasteiger partial charge in [-0.05, 0) is 37.3 Å². The number of nitrogens with one attached hydrogen (secondary N) is 2. The summed E-state index contributed by atoms with van der Waals surface area (Å²) in [6.45, 7) is 3.30. The van der Waals surface area contributed by atoms with Crippen LogP contribution < -0.4 is 5.32 Å². The Bertz CT molecular complexity index is 759. The van der Waals surface area contributed by atoms with Gasteiger partial charge in [0.2, 0.25) is 5.91 Å². The fourth-order valence-corrected chi connectivity index (χ4v) is 3.86. The lowest BCUT2D eigenvalue weighted by Crippen LogP contribution is -2.65. The van der Waals surface area contributed by atoms with Gasteiger partial charge in [-0.1, -0.05) is 18.2 Å². The molecule has 6 heteroatoms. The first-order valence-electron chi connectivity index (χ1n) is 8.37. The van der Waals surface area contributed by atoms with Gasteiger partial charge in [-0.3, -0.25) is 9.69 Å². The Morgan fingerprint density at radius 1 is 1.25 bits per heavy atom. The summed E-state index contributed by atoms with van der Waals surface area (Å²) in [6, 6.07) is 9.43. The summed E-state index contributed by atoms with van der Waals surface area (Å²) in [6.07, 6.45) is 1.30. The van der Waals surface area contributed by atoms with Crippen LogP contribution in [0.25, 0.3) is 10.9 Å². The molecular formula is C18H21N3O3. The molecule has 1 aromatic heterocycles. The highest BCUT2D eigenvalue weighted by atomic mass is 16.5. The third-order valence-corrected chi connectivity index (χ3v) is 5.38. The number of H-pyrrole nitrogens is 1. The van der Waals surface area contributed by atoms with Crippen molar-refractivity contribution in [1.82, 2.24) is 15.2 Å². The number of hydrogen-bond donors (Lipinski definition) is 2. The van der Waals surface area contributed by atoms with Crippen LogP contribution in [-0.4, -0.2) is 41.1 Å². The molecule has 1 unspecified atom stereocenters. The summed E-state index contributed by atoms with van der Waals surface area (Å²) in [5.74, 6) is -0.0827. The highest BCUT2D eigenvalue weighted by molar-refractivity contribution is 6.00. The van der Waals surface area contributed by atoms with Gasteiger partial charge in [0.05, 0.1) is 12.0 Å². The molecule has 0 radical (unpaired) electrons. The van der Waals surface area contributed by atoms with Crippen LogP contribution in [0.1, 0.15) is 25.5 Å². The Morgan fingerprint density at radius 2 is 2.00 bits per heavy atom. The molecule has 2 fully saturated rings. The maximum absolute atomic E-state index is 13.1. The number of rotatable bonds is 2. The van der Waals surface area contributed by atoms with Crippen molar-refractivity contribution in [2.75, 3.05) is 13.2 Å². The lowest BCUT2D eigenvalue weighted by atomic mass is 9.72. The molecule has 2 N–H and O–H groups in total. The zero-order chi connectivity index (χ0) is 16.7. The summed E-state index contributed by atoms with van der Waals surface area (Å²) in [4.78, 5) is 30.2. The average Bonchev–Trinajstić information content (AvgIpc) is 3.01. The maximum Gasteiger partial charge on any atom is 0.324 e. The van der Waals surface area contributed by atoms with Crippen LogP contribution in [-0.2, 0) is 16.1 Å². The second-order valence-corrected chi connectivity index (χ2v) is 6.71. The van der Waals surface area contributed by atoms with E-state index in [4.69, 9.17) is 4.74 Å². The van der Waals surface area contributed by atoms with Crippen molar-refractivity contribution in [3.8, 4) is 0 Å². The van der Waals surface area contributed by atoms with E-state index in [2.05, 4.69) is 10.3 Å². The van der Waals surface area contributed by atoms with E-state index in [9.17, 15) is 9.59 Å². The molecule has 0 bridgehead atoms. The highest BCUT2D eigenvalue weighted by Gasteiger charge is 2.52. The van der Waals surface area contributed by atoms with Gasteiger partial charge < -0.3 is 15.0 Å². The van der Waals surface area contributed by atoms with Gasteiger partial charge >= 0.3 is 6.03 Å². The Kier molecular flexibility index (Phi) is 3.57. The van der Waals surface area contributed by atoms with Crippen molar-refractivity contribution in [2.45, 2.75) is 32.4 Å². The van der Waals surface area contributed by atoms with Crippen LogP contribution in [0.3, 0.4) is 0 Å². The summed E-state index contributed by atoms with van der Waals surface area (Å²) in [7, 11) is 0. The van der Waals surface area contributed by atoms with Gasteiger partial charge in [0, 0.05) is 30.5 Å². The van der Waals surface area contributed by atoms with Crippen molar-refractivity contribution in [1.29, 1.82) is 0 Å². The second-order valence-electron chi connectivity index (χ2n) is 6.71. The van der Waals surface area contributed by atoms with Crippen LogP contribution in [0.2, 0.25) is 0 Å². The molecule has 6 nitrogen and oxygen atoms in total. The molecule has 1 aromatic carbocycles. The topological polar surface area (TPSA) is 74.4 Å². The van der Waals surface area contributed by atoms with Crippen molar-refractivity contribution >= 4 is 22.8 Å². The van der Waals surface area contributed by atoms with Crippen LogP contribution in [0, 0.1) is 5.41 Å². The molecule has 3 amide bonds. The third kappa shape index (κ3) is 2.29. The number of hydrogen-bond acceptors (Lipinski definition) is 3. The minimum absolute atomic E-state index is 0.0827. The molecule has 3 heterocycles. The molecule has 126 valence electrons. The highest BCUT2D eigenvalue weighted by Crippen LogP contribution is 2.39. The van der Waals surface area contributed by atoms with Crippen LogP contribution in [0.5, 0.6) is 0 Å². The number of aromatic amines is 1. The Hall–Kier alpha value is -2.34. The van der Waals surface area contributed by atoms with Crippen molar-refractivity contribution in [3.63, 3.8) is 0 Å². The number of fused-ring (bicyclic) bond motifs is 1. The van der Waals surface area contributed by atoms with Gasteiger partial charge in [-0.15, -0.1) is 0 Å². The lowest BCUT2D eigenvalue weighted by Gasteiger charge is -2.47. The van der Waals surface area contributed by atoms with Gasteiger partial charge in [0.25, 0.3) is 0 Å². The molecule has 1 spiro atoms. The normalized spacial score (nSPS) is 23.7. The first-order chi connectivity index (χ1) is 11.6. The monoisotopic (exact) mass is 327 g/mol. The van der Waals surface area contributed by atoms with Crippen LogP contribution >= 0.6 is 0 Å². The number of para-hydroxylation sites is 1. The van der Waals surface area contributed by atoms with E-state index in [0.717, 1.165) is 16.6 Å². The molecule has 2 saturated heterocycles. The number of nitrogens with zero attached hydrogens (tertiary/aromatic N) is 1. The number of amides is 3. The SMILES string of the molecule is CC1NC(=O)N(Cc2cc3ccccc3[nH]2)C(=O)C12CCOCC2. The minimum atomic E-state index is -0.543. The maximum atomic E-state index is 13.1. The van der Waals surface area contributed by atoms with E-state index in [1.54, 1.807) is 0 Å². The van der Waals surface area contributed by atoms with Crippen molar-refractivity contribution < 1.29 is 14.3 Å². The van der Waals surface area contributed by atoms with E-state index in [1.807, 2.05) is 37.3 Å². The number of imide groups is 1. The summed E-state index contributed by atoms with van der Waals surface area (Å²) in [5.41, 5.74) is 1.32. The number of benzene rings is 1. The summed E-state index contributed by atoms with van der Waals surface area (Å²) in [5, 5.41) is 4.05. The smallest absolute Gasteiger partial charge is 0.324 e. The third-order valence-electron chi connectivity index (χ3n) is 5.38. The number of carbonyl (C=O) groups excluding carboxylic acids is 2. The second kappa shape index (κ2) is 5.63. The molecule has 1 atom stereocenters. The first-order valence-corrected chi connectivity index (χ1v) is 8.37. The number of carbonyl (C=O) groups is 2. The van der Waals surface area contributed by atoms with E-state index >= 15 is 0 Å². The Morgan fingerprint density at radius 3 is 2.75 bits per heavy atom. The van der Waals surface area contributed by atoms with E-state index in [0.29, 0.717) is 26.1 Å². The van der Waals surface area contributed by atoms with Gasteiger partial charge in [-0.2, -0.15) is 0 Å². The molecule has 4 rings (SSSR count). The van der Waals surface area contributed by atoms with Crippen molar-refractivity contribution in [2.24, 2.45) is 5.41 Å². The predicted molar refractivity (Wildman–Crippen MR) is 89.3 cm³/mol. The van der Waals surface area contributed by atoms with Crippen molar-refractivity contribution in [3.05, 3.63) is 36.0 Å². The summed E-state index contributed by atoms with van der Waals surface area (Å²) < 4.78 is 5.42. The van der Waals surface area contributed by atoms with Gasteiger partial charge in [-0.25, -0.2) is 4.79 Å². The van der Waals surface area contributed by atoms with E-state index in [-0.39, 0.29) is 24.5 Å². The first kappa shape index (κ1) is 15.2. The number of aromatic nitrogens is 1. The lowest BCUT2D eigenvalue weighted by molar-refractivity contribution is -0.150. The molecule has 0 aliphatic carbocycles. The van der Waals surface area contributed by atoms with Crippen LogP contribution in [0.15, 0.2) is 30.3 Å². The predicted octanol–water partition coefficient (Wildman–Crippen LogP) is 2.41. The standard InChI is InChI=1S/C18H21N3O3/c1-12-18(6-8-24-9-7-18)16(22)21(17(23)19-12)11-14-10-13-4-2-3-5-15(13)20-14/h2-5,10,12,20H,6-9,11H2,1H3,(H,19,23). The van der Waals surface area contributed by atoms with Gasteiger partial charge in [0.1, 0.15) is 0 Å². The van der Waals surface area contributed by atoms with E-state index < -0.39 is 5.41 Å². The Labute approximate surface area is 140 Å². The van der Waals surface area contributed by atoms with E-state index in [1.165, 1.54) is 4.90 Å². The average molecular weight is 327 g/mol. The number of ether oxygens (including phenoxy) is 1. The van der Waals surface area contributed by atoms with Crippen LogP contribution in [0.4, 0.5) is 4.79 Å². The van der Waals surface area contributed by atoms with Gasteiger partial charge in [0.15, 0.2) is 0 Å². The molecule has 24 heavy (non-hydrogen) atoms. The largest absolute Gasteiger partial charge is 0.381 e. The number of urea groups is 1. The molecule has 0 saturated carbocycles. The zero-order valence-corrected chi connectivity index (χ0v) is 13.7.